The standard InChI is InChI=1S/C25H20S/c1-25(16-26,18-9-3-2-4-10-18)19-13-14-20-21-11-5-7-17-8-6-12-22(24(17)21)23(20)15-19/h2-15,26H,16H2,1H3/t25-/m0/s1. The second kappa shape index (κ2) is 5.75. The maximum Gasteiger partial charge on any atom is 0.0262 e. The van der Waals surface area contributed by atoms with E-state index in [0.29, 0.717) is 0 Å². The first-order valence-corrected chi connectivity index (χ1v) is 9.69. The Labute approximate surface area is 159 Å². The van der Waals surface area contributed by atoms with E-state index in [1.165, 1.54) is 44.2 Å². The van der Waals surface area contributed by atoms with Crippen LogP contribution < -0.4 is 0 Å². The van der Waals surface area contributed by atoms with Gasteiger partial charge in [0.15, 0.2) is 0 Å². The molecule has 0 radical (unpaired) electrons. The van der Waals surface area contributed by atoms with Gasteiger partial charge in [0.25, 0.3) is 0 Å². The summed E-state index contributed by atoms with van der Waals surface area (Å²) in [6.45, 7) is 2.29. The lowest BCUT2D eigenvalue weighted by atomic mass is 9.77. The van der Waals surface area contributed by atoms with E-state index in [1.54, 1.807) is 0 Å². The monoisotopic (exact) mass is 352 g/mol. The highest BCUT2D eigenvalue weighted by Gasteiger charge is 2.30. The molecule has 1 aliphatic carbocycles. The summed E-state index contributed by atoms with van der Waals surface area (Å²) in [6, 6.07) is 30.9. The highest BCUT2D eigenvalue weighted by Crippen LogP contribution is 2.48. The van der Waals surface area contributed by atoms with E-state index in [-0.39, 0.29) is 5.41 Å². The third-order valence-corrected chi connectivity index (χ3v) is 6.50. The summed E-state index contributed by atoms with van der Waals surface area (Å²) in [4.78, 5) is 0. The molecule has 1 atom stereocenters. The Bertz CT molecular complexity index is 1120. The summed E-state index contributed by atoms with van der Waals surface area (Å²) >= 11 is 4.73. The van der Waals surface area contributed by atoms with Crippen molar-refractivity contribution in [2.45, 2.75) is 12.3 Å². The predicted molar refractivity (Wildman–Crippen MR) is 115 cm³/mol. The highest BCUT2D eigenvalue weighted by molar-refractivity contribution is 7.80. The molecule has 0 N–H and O–H groups in total. The van der Waals surface area contributed by atoms with Gasteiger partial charge in [0.2, 0.25) is 0 Å². The average Bonchev–Trinajstić information content (AvgIpc) is 3.04. The van der Waals surface area contributed by atoms with Gasteiger partial charge in [0, 0.05) is 11.2 Å². The van der Waals surface area contributed by atoms with Crippen LogP contribution in [0.3, 0.4) is 0 Å². The van der Waals surface area contributed by atoms with Crippen LogP contribution in [0.2, 0.25) is 0 Å². The molecule has 0 heterocycles. The fourth-order valence-corrected chi connectivity index (χ4v) is 4.66. The SMILES string of the molecule is C[C@](CS)(c1ccccc1)c1ccc2c(c1)-c1cccc3cccc-2c13. The van der Waals surface area contributed by atoms with Gasteiger partial charge in [-0.05, 0) is 50.2 Å². The van der Waals surface area contributed by atoms with E-state index in [0.717, 1.165) is 5.75 Å². The van der Waals surface area contributed by atoms with E-state index < -0.39 is 0 Å². The smallest absolute Gasteiger partial charge is 0.0262 e. The van der Waals surface area contributed by atoms with Crippen molar-refractivity contribution < 1.29 is 0 Å². The number of hydrogen-bond donors (Lipinski definition) is 1. The first-order valence-electron chi connectivity index (χ1n) is 9.06. The Balaban J connectivity index is 1.74. The fraction of sp³-hybridized carbons (Fsp3) is 0.120. The Morgan fingerprint density at radius 2 is 1.35 bits per heavy atom. The van der Waals surface area contributed by atoms with Crippen molar-refractivity contribution in [2.24, 2.45) is 0 Å². The normalized spacial score (nSPS) is 14.2. The van der Waals surface area contributed by atoms with Crippen LogP contribution in [0.5, 0.6) is 0 Å². The zero-order valence-corrected chi connectivity index (χ0v) is 15.6. The van der Waals surface area contributed by atoms with Crippen LogP contribution in [-0.2, 0) is 5.41 Å². The molecule has 26 heavy (non-hydrogen) atoms. The molecule has 5 rings (SSSR count). The molecule has 0 amide bonds. The molecule has 0 saturated carbocycles. The lowest BCUT2D eigenvalue weighted by Gasteiger charge is -2.30. The molecule has 1 heteroatoms. The van der Waals surface area contributed by atoms with Crippen molar-refractivity contribution >= 4 is 23.4 Å². The Morgan fingerprint density at radius 1 is 0.654 bits per heavy atom. The van der Waals surface area contributed by atoms with Gasteiger partial charge < -0.3 is 0 Å². The molecule has 0 spiro atoms. The van der Waals surface area contributed by atoms with Crippen molar-refractivity contribution in [2.75, 3.05) is 5.75 Å². The summed E-state index contributed by atoms with van der Waals surface area (Å²) in [6.07, 6.45) is 0. The molecule has 0 aliphatic heterocycles. The van der Waals surface area contributed by atoms with Crippen molar-refractivity contribution in [3.05, 3.63) is 96.1 Å². The summed E-state index contributed by atoms with van der Waals surface area (Å²) < 4.78 is 0. The zero-order valence-electron chi connectivity index (χ0n) is 14.7. The molecular formula is C25H20S. The fourth-order valence-electron chi connectivity index (χ4n) is 4.29. The van der Waals surface area contributed by atoms with E-state index in [1.807, 2.05) is 0 Å². The lowest BCUT2D eigenvalue weighted by molar-refractivity contribution is 0.655. The van der Waals surface area contributed by atoms with Crippen molar-refractivity contribution in [3.8, 4) is 22.3 Å². The number of fused-ring (bicyclic) bond motifs is 3. The van der Waals surface area contributed by atoms with Crippen LogP contribution in [0.25, 0.3) is 33.0 Å². The number of benzene rings is 4. The number of hydrogen-bond acceptors (Lipinski definition) is 1. The second-order valence-corrected chi connectivity index (χ2v) is 7.64. The van der Waals surface area contributed by atoms with E-state index in [2.05, 4.69) is 91.9 Å². The summed E-state index contributed by atoms with van der Waals surface area (Å²) in [5.74, 6) is 0.771. The molecular weight excluding hydrogens is 332 g/mol. The van der Waals surface area contributed by atoms with Crippen molar-refractivity contribution in [3.63, 3.8) is 0 Å². The largest absolute Gasteiger partial charge is 0.178 e. The third-order valence-electron chi connectivity index (χ3n) is 5.87. The number of thiol groups is 1. The van der Waals surface area contributed by atoms with Crippen LogP contribution in [0.15, 0.2) is 84.9 Å². The Kier molecular flexibility index (Phi) is 3.48. The maximum atomic E-state index is 4.73. The zero-order chi connectivity index (χ0) is 17.7. The predicted octanol–water partition coefficient (Wildman–Crippen LogP) is 6.72. The quantitative estimate of drug-likeness (QED) is 0.342. The van der Waals surface area contributed by atoms with Crippen LogP contribution in [-0.4, -0.2) is 5.75 Å². The van der Waals surface area contributed by atoms with Gasteiger partial charge in [-0.3, -0.25) is 0 Å². The van der Waals surface area contributed by atoms with Crippen molar-refractivity contribution in [1.29, 1.82) is 0 Å². The molecule has 126 valence electrons. The average molecular weight is 353 g/mol. The summed E-state index contributed by atoms with van der Waals surface area (Å²) in [5, 5.41) is 2.70. The van der Waals surface area contributed by atoms with Gasteiger partial charge in [-0.1, -0.05) is 85.8 Å². The highest BCUT2D eigenvalue weighted by atomic mass is 32.1. The van der Waals surface area contributed by atoms with Gasteiger partial charge in [0.1, 0.15) is 0 Å². The topological polar surface area (TPSA) is 0 Å². The molecule has 1 aliphatic rings. The van der Waals surface area contributed by atoms with E-state index in [4.69, 9.17) is 12.6 Å². The minimum atomic E-state index is -0.109. The molecule has 4 aromatic carbocycles. The van der Waals surface area contributed by atoms with Crippen LogP contribution >= 0.6 is 12.6 Å². The molecule has 0 bridgehead atoms. The van der Waals surface area contributed by atoms with Crippen molar-refractivity contribution in [1.82, 2.24) is 0 Å². The molecule has 0 aromatic heterocycles. The second-order valence-electron chi connectivity index (χ2n) is 7.33. The van der Waals surface area contributed by atoms with Gasteiger partial charge >= 0.3 is 0 Å². The minimum Gasteiger partial charge on any atom is -0.178 e. The summed E-state index contributed by atoms with van der Waals surface area (Å²) in [7, 11) is 0. The Morgan fingerprint density at radius 3 is 2.04 bits per heavy atom. The summed E-state index contributed by atoms with van der Waals surface area (Å²) in [5.41, 5.74) is 7.91. The van der Waals surface area contributed by atoms with E-state index >= 15 is 0 Å². The van der Waals surface area contributed by atoms with Gasteiger partial charge in [-0.2, -0.15) is 12.6 Å². The maximum absolute atomic E-state index is 4.73. The molecule has 0 nitrogen and oxygen atoms in total. The molecule has 4 aromatic rings. The molecule has 0 saturated heterocycles. The first-order chi connectivity index (χ1) is 12.7. The van der Waals surface area contributed by atoms with Gasteiger partial charge in [0.05, 0.1) is 0 Å². The van der Waals surface area contributed by atoms with Gasteiger partial charge in [-0.25, -0.2) is 0 Å². The van der Waals surface area contributed by atoms with Crippen LogP contribution in [0.4, 0.5) is 0 Å². The minimum absolute atomic E-state index is 0.109. The molecule has 0 unspecified atom stereocenters. The Hall–Kier alpha value is -2.51. The first kappa shape index (κ1) is 15.7. The van der Waals surface area contributed by atoms with Crippen LogP contribution in [0.1, 0.15) is 18.1 Å². The van der Waals surface area contributed by atoms with E-state index in [9.17, 15) is 0 Å². The van der Waals surface area contributed by atoms with Crippen LogP contribution in [0, 0.1) is 0 Å². The lowest BCUT2D eigenvalue weighted by Crippen LogP contribution is -2.25. The van der Waals surface area contributed by atoms with Gasteiger partial charge in [-0.15, -0.1) is 0 Å². The number of rotatable bonds is 3. The third kappa shape index (κ3) is 2.10. The molecule has 0 fully saturated rings.